The van der Waals surface area contributed by atoms with Gasteiger partial charge in [-0.25, -0.2) is 4.98 Å². The molecule has 32 heavy (non-hydrogen) atoms. The van der Waals surface area contributed by atoms with Crippen molar-refractivity contribution in [2.45, 2.75) is 12.0 Å². The minimum atomic E-state index is -0.957. The topological polar surface area (TPSA) is 73.8 Å². The molecule has 4 aromatic rings. The maximum absolute atomic E-state index is 14.2. The van der Waals surface area contributed by atoms with Gasteiger partial charge in [0.1, 0.15) is 31.0 Å². The zero-order valence-electron chi connectivity index (χ0n) is 16.9. The number of fused-ring (bicyclic) bond motifs is 7. The van der Waals surface area contributed by atoms with E-state index >= 15 is 0 Å². The van der Waals surface area contributed by atoms with Crippen molar-refractivity contribution in [1.82, 2.24) is 9.97 Å². The van der Waals surface area contributed by atoms with Crippen molar-refractivity contribution in [2.24, 2.45) is 0 Å². The molecule has 0 saturated carbocycles. The molecule has 2 aromatic carbocycles. The van der Waals surface area contributed by atoms with Crippen LogP contribution in [0.1, 0.15) is 16.8 Å². The summed E-state index contributed by atoms with van der Waals surface area (Å²) >= 11 is 1.55. The summed E-state index contributed by atoms with van der Waals surface area (Å²) in [6.07, 6.45) is 1.75. The van der Waals surface area contributed by atoms with Crippen molar-refractivity contribution in [1.29, 1.82) is 0 Å². The molecule has 0 bridgehead atoms. The van der Waals surface area contributed by atoms with E-state index in [9.17, 15) is 4.79 Å². The monoisotopic (exact) mass is 443 g/mol. The minimum Gasteiger partial charge on any atom is -0.491 e. The van der Waals surface area contributed by atoms with Gasteiger partial charge in [-0.3, -0.25) is 9.78 Å². The summed E-state index contributed by atoms with van der Waals surface area (Å²) < 4.78 is 18.7. The molecule has 1 spiro atoms. The van der Waals surface area contributed by atoms with Crippen molar-refractivity contribution < 1.29 is 19.0 Å². The third-order valence-corrected chi connectivity index (χ3v) is 7.26. The third kappa shape index (κ3) is 2.27. The van der Waals surface area contributed by atoms with Gasteiger partial charge >= 0.3 is 0 Å². The third-order valence-electron chi connectivity index (χ3n) is 6.40. The average molecular weight is 443 g/mol. The standard InChI is InChI=1S/C24H17N3O4S/c28-23-24(12-31-18-10-20-19(9-15(18)24)29-7-8-30-20)21-17(5-4-16-22(21)32-13-26-16)27(23)11-14-3-1-2-6-25-14/h1-6,9-10,13H,7-8,11-12H2. The summed E-state index contributed by atoms with van der Waals surface area (Å²) in [5.41, 5.74) is 5.23. The molecule has 0 fully saturated rings. The van der Waals surface area contributed by atoms with E-state index < -0.39 is 5.41 Å². The van der Waals surface area contributed by atoms with E-state index in [1.807, 2.05) is 52.9 Å². The number of nitrogens with zero attached hydrogens (tertiary/aromatic N) is 3. The number of ether oxygens (including phenoxy) is 3. The predicted molar refractivity (Wildman–Crippen MR) is 119 cm³/mol. The highest BCUT2D eigenvalue weighted by Crippen LogP contribution is 2.57. The molecule has 0 radical (unpaired) electrons. The number of aromatic nitrogens is 2. The van der Waals surface area contributed by atoms with Gasteiger partial charge in [0.05, 0.1) is 33.7 Å². The van der Waals surface area contributed by atoms with E-state index in [1.165, 1.54) is 0 Å². The lowest BCUT2D eigenvalue weighted by Gasteiger charge is -2.24. The summed E-state index contributed by atoms with van der Waals surface area (Å²) in [5.74, 6) is 1.94. The molecule has 7 rings (SSSR count). The van der Waals surface area contributed by atoms with E-state index in [0.29, 0.717) is 37.0 Å². The maximum Gasteiger partial charge on any atom is 0.246 e. The molecule has 5 heterocycles. The molecule has 0 aliphatic carbocycles. The Morgan fingerprint density at radius 2 is 1.88 bits per heavy atom. The number of benzene rings is 2. The van der Waals surface area contributed by atoms with Gasteiger partial charge in [0.25, 0.3) is 0 Å². The Morgan fingerprint density at radius 1 is 1.00 bits per heavy atom. The highest BCUT2D eigenvalue weighted by atomic mass is 32.1. The first-order chi connectivity index (χ1) is 15.8. The number of carbonyl (C=O) groups excluding carboxylic acids is 1. The highest BCUT2D eigenvalue weighted by molar-refractivity contribution is 7.17. The van der Waals surface area contributed by atoms with Crippen LogP contribution in [0.3, 0.4) is 0 Å². The van der Waals surface area contributed by atoms with Crippen molar-refractivity contribution in [3.05, 3.63) is 71.0 Å². The van der Waals surface area contributed by atoms with Crippen LogP contribution in [-0.2, 0) is 16.8 Å². The summed E-state index contributed by atoms with van der Waals surface area (Å²) in [6, 6.07) is 13.5. The number of hydrogen-bond acceptors (Lipinski definition) is 7. The van der Waals surface area contributed by atoms with Gasteiger partial charge in [-0.2, -0.15) is 0 Å². The molecule has 158 valence electrons. The number of hydrogen-bond donors (Lipinski definition) is 0. The van der Waals surface area contributed by atoms with Gasteiger partial charge in [-0.05, 0) is 30.3 Å². The Labute approximate surface area is 187 Å². The number of rotatable bonds is 2. The molecule has 0 saturated heterocycles. The normalized spacial score (nSPS) is 20.5. The molecule has 3 aliphatic rings. The number of anilines is 1. The summed E-state index contributed by atoms with van der Waals surface area (Å²) in [4.78, 5) is 25.0. The second-order valence-corrected chi connectivity index (χ2v) is 8.91. The van der Waals surface area contributed by atoms with Gasteiger partial charge in [0, 0.05) is 23.4 Å². The predicted octanol–water partition coefficient (Wildman–Crippen LogP) is 3.69. The zero-order valence-corrected chi connectivity index (χ0v) is 17.7. The molecule has 1 unspecified atom stereocenters. The van der Waals surface area contributed by atoms with Gasteiger partial charge in [0.15, 0.2) is 11.5 Å². The van der Waals surface area contributed by atoms with Crippen LogP contribution in [-0.4, -0.2) is 35.7 Å². The lowest BCUT2D eigenvalue weighted by Crippen LogP contribution is -2.42. The molecule has 1 amide bonds. The Kier molecular flexibility index (Phi) is 3.61. The van der Waals surface area contributed by atoms with Crippen molar-refractivity contribution in [2.75, 3.05) is 24.7 Å². The van der Waals surface area contributed by atoms with Gasteiger partial charge in [-0.15, -0.1) is 11.3 Å². The van der Waals surface area contributed by atoms with Crippen LogP contribution in [0.15, 0.2) is 54.2 Å². The zero-order chi connectivity index (χ0) is 21.3. The number of amides is 1. The quantitative estimate of drug-likeness (QED) is 0.471. The maximum atomic E-state index is 14.2. The molecular formula is C24H17N3O4S. The van der Waals surface area contributed by atoms with Crippen LogP contribution in [0.4, 0.5) is 5.69 Å². The summed E-state index contributed by atoms with van der Waals surface area (Å²) in [7, 11) is 0. The van der Waals surface area contributed by atoms with Gasteiger partial charge in [0.2, 0.25) is 5.91 Å². The van der Waals surface area contributed by atoms with Crippen LogP contribution in [0.25, 0.3) is 10.2 Å². The first kappa shape index (κ1) is 18.0. The molecule has 3 aliphatic heterocycles. The van der Waals surface area contributed by atoms with Crippen LogP contribution in [0.2, 0.25) is 0 Å². The second kappa shape index (κ2) is 6.43. The molecule has 2 aromatic heterocycles. The SMILES string of the molecule is O=C1N(Cc2ccccn2)c2ccc3ncsc3c2C12COc1cc3c(cc12)OCCO3. The largest absolute Gasteiger partial charge is 0.491 e. The fourth-order valence-corrected chi connectivity index (χ4v) is 5.89. The van der Waals surface area contributed by atoms with E-state index in [0.717, 1.165) is 32.7 Å². The van der Waals surface area contributed by atoms with Crippen LogP contribution < -0.4 is 19.1 Å². The smallest absolute Gasteiger partial charge is 0.246 e. The number of carbonyl (C=O) groups is 1. The molecule has 0 N–H and O–H groups in total. The number of pyridine rings is 1. The Morgan fingerprint density at radius 3 is 2.72 bits per heavy atom. The molecular weight excluding hydrogens is 426 g/mol. The van der Waals surface area contributed by atoms with Gasteiger partial charge < -0.3 is 19.1 Å². The summed E-state index contributed by atoms with van der Waals surface area (Å²) in [5, 5.41) is 0. The Hall–Kier alpha value is -3.65. The first-order valence-electron chi connectivity index (χ1n) is 10.4. The van der Waals surface area contributed by atoms with Gasteiger partial charge in [-0.1, -0.05) is 6.07 Å². The summed E-state index contributed by atoms with van der Waals surface area (Å²) in [6.45, 7) is 1.60. The lowest BCUT2D eigenvalue weighted by atomic mass is 9.77. The first-order valence-corrected chi connectivity index (χ1v) is 11.3. The second-order valence-electron chi connectivity index (χ2n) is 8.06. The molecule has 8 heteroatoms. The van der Waals surface area contributed by atoms with Crippen LogP contribution in [0.5, 0.6) is 17.2 Å². The highest BCUT2D eigenvalue weighted by Gasteiger charge is 2.58. The Bertz CT molecular complexity index is 1400. The van der Waals surface area contributed by atoms with E-state index in [4.69, 9.17) is 14.2 Å². The van der Waals surface area contributed by atoms with E-state index in [-0.39, 0.29) is 12.5 Å². The fourth-order valence-electron chi connectivity index (χ4n) is 4.98. The Balaban J connectivity index is 1.47. The lowest BCUT2D eigenvalue weighted by molar-refractivity contribution is -0.122. The van der Waals surface area contributed by atoms with E-state index in [1.54, 1.807) is 17.5 Å². The van der Waals surface area contributed by atoms with Crippen LogP contribution in [0, 0.1) is 0 Å². The van der Waals surface area contributed by atoms with Crippen molar-refractivity contribution >= 4 is 33.1 Å². The molecule has 7 nitrogen and oxygen atoms in total. The minimum absolute atomic E-state index is 0.0190. The van der Waals surface area contributed by atoms with Crippen molar-refractivity contribution in [3.63, 3.8) is 0 Å². The van der Waals surface area contributed by atoms with Crippen molar-refractivity contribution in [3.8, 4) is 17.2 Å². The average Bonchev–Trinajstić information content (AvgIpc) is 3.51. The van der Waals surface area contributed by atoms with Crippen LogP contribution >= 0.6 is 11.3 Å². The molecule has 1 atom stereocenters. The number of thiazole rings is 1. The van der Waals surface area contributed by atoms with E-state index in [2.05, 4.69) is 9.97 Å². The fraction of sp³-hybridized carbons (Fsp3) is 0.208.